The average molecular weight is 281 g/mol. The van der Waals surface area contributed by atoms with E-state index in [-0.39, 0.29) is 0 Å². The van der Waals surface area contributed by atoms with Crippen LogP contribution in [-0.4, -0.2) is 19.6 Å². The third kappa shape index (κ3) is 2.87. The lowest BCUT2D eigenvalue weighted by atomic mass is 10.1. The van der Waals surface area contributed by atoms with Gasteiger partial charge in [-0.05, 0) is 24.6 Å². The van der Waals surface area contributed by atoms with Crippen LogP contribution in [0.15, 0.2) is 48.9 Å². The second-order valence-electron chi connectivity index (χ2n) is 5.06. The van der Waals surface area contributed by atoms with E-state index in [1.165, 1.54) is 16.8 Å². The highest BCUT2D eigenvalue weighted by molar-refractivity contribution is 5.40. The van der Waals surface area contributed by atoms with Crippen LogP contribution in [0.4, 0.5) is 0 Å². The molecule has 3 aromatic rings. The molecule has 0 atom stereocenters. The van der Waals surface area contributed by atoms with Crippen molar-refractivity contribution in [2.45, 2.75) is 20.0 Å². The molecule has 2 aromatic heterocycles. The van der Waals surface area contributed by atoms with Crippen molar-refractivity contribution in [1.82, 2.24) is 24.9 Å². The lowest BCUT2D eigenvalue weighted by molar-refractivity contribution is 0.679. The maximum Gasteiger partial charge on any atom is 0.0690 e. The number of para-hydroxylation sites is 1. The molecule has 0 bridgehead atoms. The molecular weight excluding hydrogens is 262 g/mol. The highest BCUT2D eigenvalue weighted by Crippen LogP contribution is 2.13. The molecule has 5 nitrogen and oxygen atoms in total. The van der Waals surface area contributed by atoms with Crippen molar-refractivity contribution in [3.63, 3.8) is 0 Å². The van der Waals surface area contributed by atoms with Crippen LogP contribution in [0.1, 0.15) is 16.8 Å². The summed E-state index contributed by atoms with van der Waals surface area (Å²) >= 11 is 0. The van der Waals surface area contributed by atoms with Crippen LogP contribution < -0.4 is 5.32 Å². The van der Waals surface area contributed by atoms with Crippen molar-refractivity contribution >= 4 is 0 Å². The Morgan fingerprint density at radius 1 is 1.05 bits per heavy atom. The Morgan fingerprint density at radius 2 is 1.86 bits per heavy atom. The van der Waals surface area contributed by atoms with Gasteiger partial charge in [0.05, 0.1) is 11.9 Å². The molecule has 0 amide bonds. The molecule has 1 aromatic carbocycles. The molecule has 0 aliphatic rings. The minimum atomic E-state index is 0.796. The van der Waals surface area contributed by atoms with E-state index in [0.29, 0.717) is 0 Å². The number of nitrogens with one attached hydrogen (secondary N) is 1. The zero-order valence-electron chi connectivity index (χ0n) is 12.3. The van der Waals surface area contributed by atoms with Gasteiger partial charge >= 0.3 is 0 Å². The summed E-state index contributed by atoms with van der Waals surface area (Å²) < 4.78 is 3.79. The highest BCUT2D eigenvalue weighted by Gasteiger charge is 2.06. The summed E-state index contributed by atoms with van der Waals surface area (Å²) in [5, 5.41) is 12.0. The van der Waals surface area contributed by atoms with Gasteiger partial charge < -0.3 is 5.32 Å². The second-order valence-corrected chi connectivity index (χ2v) is 5.06. The fourth-order valence-electron chi connectivity index (χ4n) is 2.34. The molecule has 3 rings (SSSR count). The van der Waals surface area contributed by atoms with Crippen LogP contribution in [0, 0.1) is 6.92 Å². The number of aryl methyl sites for hydroxylation is 1. The number of rotatable bonds is 5. The van der Waals surface area contributed by atoms with Crippen molar-refractivity contribution in [2.24, 2.45) is 7.05 Å². The van der Waals surface area contributed by atoms with E-state index in [0.717, 1.165) is 18.8 Å². The SMILES string of the molecule is Cc1c(CNCc2ccccc2-n2cccn2)cnn1C. The van der Waals surface area contributed by atoms with Gasteiger partial charge in [0.2, 0.25) is 0 Å². The quantitative estimate of drug-likeness (QED) is 0.780. The van der Waals surface area contributed by atoms with Gasteiger partial charge in [-0.3, -0.25) is 4.68 Å². The molecule has 0 radical (unpaired) electrons. The summed E-state index contributed by atoms with van der Waals surface area (Å²) in [6.45, 7) is 3.69. The summed E-state index contributed by atoms with van der Waals surface area (Å²) in [7, 11) is 1.96. The Kier molecular flexibility index (Phi) is 3.83. The van der Waals surface area contributed by atoms with Crippen LogP contribution in [0.5, 0.6) is 0 Å². The van der Waals surface area contributed by atoms with Gasteiger partial charge in [0.1, 0.15) is 0 Å². The van der Waals surface area contributed by atoms with Crippen LogP contribution in [0.2, 0.25) is 0 Å². The summed E-state index contributed by atoms with van der Waals surface area (Å²) in [6, 6.07) is 10.2. The molecule has 1 N–H and O–H groups in total. The van der Waals surface area contributed by atoms with Gasteiger partial charge in [-0.2, -0.15) is 10.2 Å². The zero-order chi connectivity index (χ0) is 14.7. The Balaban J connectivity index is 1.70. The van der Waals surface area contributed by atoms with E-state index in [4.69, 9.17) is 0 Å². The maximum absolute atomic E-state index is 4.31. The average Bonchev–Trinajstić information content (AvgIpc) is 3.13. The minimum Gasteiger partial charge on any atom is -0.308 e. The van der Waals surface area contributed by atoms with E-state index in [9.17, 15) is 0 Å². The molecule has 108 valence electrons. The number of hydrogen-bond acceptors (Lipinski definition) is 3. The smallest absolute Gasteiger partial charge is 0.0690 e. The standard InChI is InChI=1S/C16H19N5/c1-13-15(12-19-20(13)2)11-17-10-14-6-3-4-7-16(14)21-9-5-8-18-21/h3-9,12,17H,10-11H2,1-2H3. The zero-order valence-corrected chi connectivity index (χ0v) is 12.3. The normalized spacial score (nSPS) is 11.0. The molecule has 0 saturated heterocycles. The predicted molar refractivity (Wildman–Crippen MR) is 82.1 cm³/mol. The first-order valence-electron chi connectivity index (χ1n) is 7.02. The maximum atomic E-state index is 4.31. The van der Waals surface area contributed by atoms with Crippen molar-refractivity contribution in [1.29, 1.82) is 0 Å². The van der Waals surface area contributed by atoms with Crippen LogP contribution >= 0.6 is 0 Å². The van der Waals surface area contributed by atoms with E-state index < -0.39 is 0 Å². The summed E-state index contributed by atoms with van der Waals surface area (Å²) in [6.07, 6.45) is 5.68. The lowest BCUT2D eigenvalue weighted by Crippen LogP contribution is -2.15. The van der Waals surface area contributed by atoms with Gasteiger partial charge in [0.25, 0.3) is 0 Å². The third-order valence-electron chi connectivity index (χ3n) is 3.71. The van der Waals surface area contributed by atoms with Gasteiger partial charge in [-0.15, -0.1) is 0 Å². The molecule has 0 saturated carbocycles. The minimum absolute atomic E-state index is 0.796. The summed E-state index contributed by atoms with van der Waals surface area (Å²) in [5.41, 5.74) is 4.76. The molecule has 2 heterocycles. The van der Waals surface area contributed by atoms with Crippen molar-refractivity contribution in [2.75, 3.05) is 0 Å². The van der Waals surface area contributed by atoms with Gasteiger partial charge in [-0.25, -0.2) is 4.68 Å². The van der Waals surface area contributed by atoms with E-state index >= 15 is 0 Å². The molecule has 0 fully saturated rings. The fraction of sp³-hybridized carbons (Fsp3) is 0.250. The monoisotopic (exact) mass is 281 g/mol. The summed E-state index contributed by atoms with van der Waals surface area (Å²) in [4.78, 5) is 0. The molecule has 0 spiro atoms. The topological polar surface area (TPSA) is 47.7 Å². The Morgan fingerprint density at radius 3 is 2.57 bits per heavy atom. The van der Waals surface area contributed by atoms with Crippen molar-refractivity contribution in [3.8, 4) is 5.69 Å². The molecule has 5 heteroatoms. The van der Waals surface area contributed by atoms with Crippen molar-refractivity contribution in [3.05, 3.63) is 65.7 Å². The van der Waals surface area contributed by atoms with E-state index in [2.05, 4.69) is 40.6 Å². The summed E-state index contributed by atoms with van der Waals surface area (Å²) in [5.74, 6) is 0. The Hall–Kier alpha value is -2.40. The molecular formula is C16H19N5. The van der Waals surface area contributed by atoms with Gasteiger partial charge in [0.15, 0.2) is 0 Å². The van der Waals surface area contributed by atoms with Gasteiger partial charge in [0, 0.05) is 43.8 Å². The van der Waals surface area contributed by atoms with E-state index in [1.54, 1.807) is 6.20 Å². The number of benzene rings is 1. The van der Waals surface area contributed by atoms with Gasteiger partial charge in [-0.1, -0.05) is 18.2 Å². The molecule has 21 heavy (non-hydrogen) atoms. The first-order chi connectivity index (χ1) is 10.3. The molecule has 0 aliphatic carbocycles. The van der Waals surface area contributed by atoms with Crippen LogP contribution in [0.3, 0.4) is 0 Å². The number of nitrogens with zero attached hydrogens (tertiary/aromatic N) is 4. The third-order valence-corrected chi connectivity index (χ3v) is 3.71. The first kappa shape index (κ1) is 13.6. The van der Waals surface area contributed by atoms with E-state index in [1.807, 2.05) is 40.9 Å². The first-order valence-corrected chi connectivity index (χ1v) is 7.02. The number of aromatic nitrogens is 4. The van der Waals surface area contributed by atoms with Crippen LogP contribution in [0.25, 0.3) is 5.69 Å². The lowest BCUT2D eigenvalue weighted by Gasteiger charge is -2.10. The fourth-order valence-corrected chi connectivity index (χ4v) is 2.34. The second kappa shape index (κ2) is 5.93. The largest absolute Gasteiger partial charge is 0.308 e. The van der Waals surface area contributed by atoms with Crippen LogP contribution in [-0.2, 0) is 20.1 Å². The number of hydrogen-bond donors (Lipinski definition) is 1. The van der Waals surface area contributed by atoms with Crippen molar-refractivity contribution < 1.29 is 0 Å². The Labute approximate surface area is 124 Å². The highest BCUT2D eigenvalue weighted by atomic mass is 15.3. The molecule has 0 aliphatic heterocycles. The molecule has 0 unspecified atom stereocenters. The predicted octanol–water partition coefficient (Wildman–Crippen LogP) is 2.20. The Bertz CT molecular complexity index is 712.